The lowest BCUT2D eigenvalue weighted by Crippen LogP contribution is -2.20. The van der Waals surface area contributed by atoms with Gasteiger partial charge < -0.3 is 10.5 Å². The molecule has 1 aromatic carbocycles. The Morgan fingerprint density at radius 2 is 2.35 bits per heavy atom. The SMILES string of the molecule is C=CCC1C(C#N)=C(N)Oc2c(C)cccc21. The zero-order chi connectivity index (χ0) is 12.4. The molecule has 0 amide bonds. The second kappa shape index (κ2) is 4.34. The Balaban J connectivity index is 2.60. The third-order valence-corrected chi connectivity index (χ3v) is 2.97. The molecular weight excluding hydrogens is 212 g/mol. The van der Waals surface area contributed by atoms with Gasteiger partial charge in [0.05, 0.1) is 5.57 Å². The van der Waals surface area contributed by atoms with Crippen LogP contribution in [0.2, 0.25) is 0 Å². The normalized spacial score (nSPS) is 18.0. The van der Waals surface area contributed by atoms with Crippen molar-refractivity contribution in [2.24, 2.45) is 5.73 Å². The summed E-state index contributed by atoms with van der Waals surface area (Å²) in [5.74, 6) is 0.943. The molecule has 17 heavy (non-hydrogen) atoms. The summed E-state index contributed by atoms with van der Waals surface area (Å²) in [6.45, 7) is 5.70. The van der Waals surface area contributed by atoms with E-state index >= 15 is 0 Å². The summed E-state index contributed by atoms with van der Waals surface area (Å²) in [7, 11) is 0. The molecule has 1 aromatic rings. The maximum Gasteiger partial charge on any atom is 0.205 e. The van der Waals surface area contributed by atoms with Crippen LogP contribution in [0.5, 0.6) is 5.75 Å². The van der Waals surface area contributed by atoms with Crippen LogP contribution in [-0.4, -0.2) is 0 Å². The number of allylic oxidation sites excluding steroid dienone is 2. The second-order valence-electron chi connectivity index (χ2n) is 4.06. The summed E-state index contributed by atoms with van der Waals surface area (Å²) in [6, 6.07) is 8.03. The van der Waals surface area contributed by atoms with Crippen LogP contribution in [0.4, 0.5) is 0 Å². The van der Waals surface area contributed by atoms with Crippen molar-refractivity contribution in [2.45, 2.75) is 19.3 Å². The predicted octanol–water partition coefficient (Wildman–Crippen LogP) is 2.74. The molecule has 86 valence electrons. The summed E-state index contributed by atoms with van der Waals surface area (Å²) in [5.41, 5.74) is 8.32. The molecule has 0 spiro atoms. The molecule has 1 aliphatic heterocycles. The minimum Gasteiger partial charge on any atom is -0.440 e. The fraction of sp³-hybridized carbons (Fsp3) is 0.214. The molecule has 1 aliphatic rings. The number of hydrogen-bond acceptors (Lipinski definition) is 3. The summed E-state index contributed by atoms with van der Waals surface area (Å²) >= 11 is 0. The first-order valence-electron chi connectivity index (χ1n) is 5.47. The number of fused-ring (bicyclic) bond motifs is 1. The van der Waals surface area contributed by atoms with Gasteiger partial charge in [-0.1, -0.05) is 24.3 Å². The van der Waals surface area contributed by atoms with Gasteiger partial charge in [0.25, 0.3) is 0 Å². The Kier molecular flexibility index (Phi) is 2.88. The van der Waals surface area contributed by atoms with Crippen LogP contribution in [0.15, 0.2) is 42.3 Å². The molecule has 3 nitrogen and oxygen atoms in total. The molecule has 0 aliphatic carbocycles. The van der Waals surface area contributed by atoms with Crippen LogP contribution >= 0.6 is 0 Å². The standard InChI is InChI=1S/C14H14N2O/c1-3-5-10-11-7-4-6-9(2)13(11)17-14(16)12(10)8-15/h3-4,6-7,10H,1,5,16H2,2H3. The van der Waals surface area contributed by atoms with Gasteiger partial charge >= 0.3 is 0 Å². The summed E-state index contributed by atoms with van der Waals surface area (Å²) in [6.07, 6.45) is 2.48. The predicted molar refractivity (Wildman–Crippen MR) is 66.2 cm³/mol. The molecule has 1 atom stereocenters. The molecule has 0 bridgehead atoms. The molecule has 1 heterocycles. The zero-order valence-electron chi connectivity index (χ0n) is 9.73. The van der Waals surface area contributed by atoms with Gasteiger partial charge in [0.15, 0.2) is 0 Å². The fourth-order valence-electron chi connectivity index (χ4n) is 2.13. The van der Waals surface area contributed by atoms with E-state index in [9.17, 15) is 0 Å². The highest BCUT2D eigenvalue weighted by molar-refractivity contribution is 5.53. The monoisotopic (exact) mass is 226 g/mol. The number of benzene rings is 1. The van der Waals surface area contributed by atoms with Crippen LogP contribution in [0.3, 0.4) is 0 Å². The summed E-state index contributed by atoms with van der Waals surface area (Å²) < 4.78 is 5.54. The van der Waals surface area contributed by atoms with Gasteiger partial charge in [-0.2, -0.15) is 5.26 Å². The Labute approximate surface area is 101 Å². The van der Waals surface area contributed by atoms with Gasteiger partial charge in [-0.3, -0.25) is 0 Å². The fourth-order valence-corrected chi connectivity index (χ4v) is 2.13. The van der Waals surface area contributed by atoms with Crippen molar-refractivity contribution in [3.8, 4) is 11.8 Å². The van der Waals surface area contributed by atoms with Crippen molar-refractivity contribution in [3.63, 3.8) is 0 Å². The Bertz CT molecular complexity index is 538. The Hall–Kier alpha value is -2.21. The highest BCUT2D eigenvalue weighted by Gasteiger charge is 2.28. The van der Waals surface area contributed by atoms with E-state index in [0.29, 0.717) is 12.0 Å². The molecule has 2 N–H and O–H groups in total. The average Bonchev–Trinajstić information content (AvgIpc) is 2.31. The van der Waals surface area contributed by atoms with E-state index in [1.54, 1.807) is 6.08 Å². The maximum atomic E-state index is 9.15. The quantitative estimate of drug-likeness (QED) is 0.789. The first-order chi connectivity index (χ1) is 8.19. The van der Waals surface area contributed by atoms with Gasteiger partial charge in [-0.15, -0.1) is 6.58 Å². The van der Waals surface area contributed by atoms with Gasteiger partial charge in [0, 0.05) is 11.5 Å². The number of nitrogens with zero attached hydrogens (tertiary/aromatic N) is 1. The number of hydrogen-bond donors (Lipinski definition) is 1. The zero-order valence-corrected chi connectivity index (χ0v) is 9.73. The minimum absolute atomic E-state index is 0.0406. The molecular formula is C14H14N2O. The van der Waals surface area contributed by atoms with E-state index in [0.717, 1.165) is 16.9 Å². The third-order valence-electron chi connectivity index (χ3n) is 2.97. The van der Waals surface area contributed by atoms with E-state index in [1.807, 2.05) is 25.1 Å². The van der Waals surface area contributed by atoms with Crippen LogP contribution in [0.25, 0.3) is 0 Å². The lowest BCUT2D eigenvalue weighted by Gasteiger charge is -2.26. The molecule has 2 rings (SSSR count). The lowest BCUT2D eigenvalue weighted by molar-refractivity contribution is 0.385. The molecule has 3 heteroatoms. The van der Waals surface area contributed by atoms with Crippen LogP contribution in [0.1, 0.15) is 23.5 Å². The number of para-hydroxylation sites is 1. The van der Waals surface area contributed by atoms with Gasteiger partial charge in [-0.25, -0.2) is 0 Å². The van der Waals surface area contributed by atoms with Gasteiger partial charge in [-0.05, 0) is 18.9 Å². The van der Waals surface area contributed by atoms with Crippen LogP contribution in [-0.2, 0) is 0 Å². The maximum absolute atomic E-state index is 9.15. The molecule has 0 aromatic heterocycles. The van der Waals surface area contributed by atoms with Crippen molar-refractivity contribution in [1.29, 1.82) is 5.26 Å². The van der Waals surface area contributed by atoms with E-state index < -0.39 is 0 Å². The average molecular weight is 226 g/mol. The third kappa shape index (κ3) is 1.78. The van der Waals surface area contributed by atoms with Crippen molar-refractivity contribution >= 4 is 0 Å². The van der Waals surface area contributed by atoms with Crippen LogP contribution in [0, 0.1) is 18.3 Å². The molecule has 1 unspecified atom stereocenters. The van der Waals surface area contributed by atoms with Gasteiger partial charge in [0.2, 0.25) is 5.88 Å². The highest BCUT2D eigenvalue weighted by atomic mass is 16.5. The van der Waals surface area contributed by atoms with E-state index in [2.05, 4.69) is 12.6 Å². The summed E-state index contributed by atoms with van der Waals surface area (Å²) in [5, 5.41) is 9.15. The first kappa shape index (κ1) is 11.3. The first-order valence-corrected chi connectivity index (χ1v) is 5.47. The van der Waals surface area contributed by atoms with Crippen molar-refractivity contribution in [2.75, 3.05) is 0 Å². The van der Waals surface area contributed by atoms with Crippen molar-refractivity contribution in [1.82, 2.24) is 0 Å². The van der Waals surface area contributed by atoms with Crippen molar-refractivity contribution < 1.29 is 4.74 Å². The molecule has 0 fully saturated rings. The number of ether oxygens (including phenoxy) is 1. The molecule has 0 saturated heterocycles. The highest BCUT2D eigenvalue weighted by Crippen LogP contribution is 2.41. The number of rotatable bonds is 2. The summed E-state index contributed by atoms with van der Waals surface area (Å²) in [4.78, 5) is 0. The molecule has 0 saturated carbocycles. The van der Waals surface area contributed by atoms with E-state index in [4.69, 9.17) is 15.7 Å². The number of nitrogens with two attached hydrogens (primary N) is 1. The minimum atomic E-state index is -0.0406. The lowest BCUT2D eigenvalue weighted by atomic mass is 9.86. The largest absolute Gasteiger partial charge is 0.440 e. The topological polar surface area (TPSA) is 59.0 Å². The second-order valence-corrected chi connectivity index (χ2v) is 4.06. The van der Waals surface area contributed by atoms with Gasteiger partial charge in [0.1, 0.15) is 11.8 Å². The number of nitriles is 1. The Morgan fingerprint density at radius 3 is 3.00 bits per heavy atom. The smallest absolute Gasteiger partial charge is 0.205 e. The van der Waals surface area contributed by atoms with E-state index in [1.165, 1.54) is 0 Å². The molecule has 0 radical (unpaired) electrons. The van der Waals surface area contributed by atoms with Crippen LogP contribution < -0.4 is 10.5 Å². The Morgan fingerprint density at radius 1 is 1.59 bits per heavy atom. The number of aryl methyl sites for hydroxylation is 1. The van der Waals surface area contributed by atoms with Crippen molar-refractivity contribution in [3.05, 3.63) is 53.4 Å². The van der Waals surface area contributed by atoms with E-state index in [-0.39, 0.29) is 11.8 Å².